The zero-order valence-electron chi connectivity index (χ0n) is 17.7. The summed E-state index contributed by atoms with van der Waals surface area (Å²) in [5.41, 5.74) is 2.81. The summed E-state index contributed by atoms with van der Waals surface area (Å²) in [6.07, 6.45) is 1.93. The molecule has 0 saturated heterocycles. The molecule has 0 radical (unpaired) electrons. The number of fused-ring (bicyclic) bond motifs is 1. The highest BCUT2D eigenvalue weighted by Gasteiger charge is 2.18. The first kappa shape index (κ1) is 20.5. The summed E-state index contributed by atoms with van der Waals surface area (Å²) in [6.45, 7) is 4.94. The first-order chi connectivity index (χ1) is 15.2. The van der Waals surface area contributed by atoms with Gasteiger partial charge >= 0.3 is 0 Å². The number of hydrogen-bond donors (Lipinski definition) is 1. The summed E-state index contributed by atoms with van der Waals surface area (Å²) in [6, 6.07) is 25.0. The van der Waals surface area contributed by atoms with E-state index in [-0.39, 0.29) is 11.9 Å². The van der Waals surface area contributed by atoms with Crippen LogP contribution in [0.5, 0.6) is 11.5 Å². The zero-order valence-corrected chi connectivity index (χ0v) is 17.7. The van der Waals surface area contributed by atoms with Crippen molar-refractivity contribution in [3.63, 3.8) is 0 Å². The van der Waals surface area contributed by atoms with Gasteiger partial charge in [0.1, 0.15) is 24.1 Å². The van der Waals surface area contributed by atoms with E-state index in [4.69, 9.17) is 9.47 Å². The molecular formula is C26H26N2O3. The molecule has 4 aromatic rings. The molecule has 158 valence electrons. The van der Waals surface area contributed by atoms with Gasteiger partial charge in [-0.25, -0.2) is 0 Å². The third-order valence-electron chi connectivity index (χ3n) is 5.19. The molecule has 1 aromatic heterocycles. The van der Waals surface area contributed by atoms with Crippen LogP contribution in [0.4, 0.5) is 5.69 Å². The standard InChI is InChI=1S/C26H26N2O3/c1-3-30-22-14-12-21(13-15-22)27-26(29)19(2)28-17-16-23-24(28)10-7-11-25(23)31-18-20-8-5-4-6-9-20/h4-17,19H,3,18H2,1-2H3,(H,27,29). The predicted octanol–water partition coefficient (Wildman–Crippen LogP) is 5.82. The van der Waals surface area contributed by atoms with Crippen LogP contribution in [0.2, 0.25) is 0 Å². The molecule has 1 unspecified atom stereocenters. The maximum atomic E-state index is 12.9. The van der Waals surface area contributed by atoms with Crippen LogP contribution in [-0.2, 0) is 11.4 Å². The molecule has 0 aliphatic rings. The van der Waals surface area contributed by atoms with E-state index >= 15 is 0 Å². The Balaban J connectivity index is 1.49. The number of nitrogens with one attached hydrogen (secondary N) is 1. The number of benzene rings is 3. The Labute approximate surface area is 182 Å². The molecule has 0 bridgehead atoms. The van der Waals surface area contributed by atoms with E-state index in [0.717, 1.165) is 33.7 Å². The molecule has 1 amide bonds. The average molecular weight is 415 g/mol. The van der Waals surface area contributed by atoms with Gasteiger partial charge in [0.15, 0.2) is 0 Å². The highest BCUT2D eigenvalue weighted by molar-refractivity contribution is 5.95. The van der Waals surface area contributed by atoms with Crippen LogP contribution in [0.3, 0.4) is 0 Å². The summed E-state index contributed by atoms with van der Waals surface area (Å²) in [5.74, 6) is 1.50. The second kappa shape index (κ2) is 9.39. The SMILES string of the molecule is CCOc1ccc(NC(=O)C(C)n2ccc3c(OCc4ccccc4)cccc32)cc1. The van der Waals surface area contributed by atoms with Crippen molar-refractivity contribution in [2.75, 3.05) is 11.9 Å². The molecule has 5 heteroatoms. The number of carbonyl (C=O) groups is 1. The van der Waals surface area contributed by atoms with Gasteiger partial charge in [0, 0.05) is 17.3 Å². The van der Waals surface area contributed by atoms with Crippen molar-refractivity contribution in [2.24, 2.45) is 0 Å². The number of rotatable bonds is 8. The van der Waals surface area contributed by atoms with Gasteiger partial charge in [0.2, 0.25) is 5.91 Å². The normalized spacial score (nSPS) is 11.8. The van der Waals surface area contributed by atoms with E-state index in [2.05, 4.69) is 5.32 Å². The highest BCUT2D eigenvalue weighted by atomic mass is 16.5. The number of anilines is 1. The maximum Gasteiger partial charge on any atom is 0.247 e. The minimum atomic E-state index is -0.381. The Bertz CT molecular complexity index is 1150. The lowest BCUT2D eigenvalue weighted by atomic mass is 10.2. The van der Waals surface area contributed by atoms with Gasteiger partial charge in [0.05, 0.1) is 12.1 Å². The number of aromatic nitrogens is 1. The molecule has 0 spiro atoms. The van der Waals surface area contributed by atoms with Crippen molar-refractivity contribution in [3.05, 3.63) is 90.6 Å². The molecular weight excluding hydrogens is 388 g/mol. The minimum Gasteiger partial charge on any atom is -0.494 e. The number of nitrogens with zero attached hydrogens (tertiary/aromatic N) is 1. The summed E-state index contributed by atoms with van der Waals surface area (Å²) in [7, 11) is 0. The summed E-state index contributed by atoms with van der Waals surface area (Å²) in [4.78, 5) is 12.9. The Morgan fingerprint density at radius 3 is 2.45 bits per heavy atom. The van der Waals surface area contributed by atoms with Gasteiger partial charge in [0.25, 0.3) is 0 Å². The van der Waals surface area contributed by atoms with Crippen LogP contribution in [0.15, 0.2) is 85.1 Å². The molecule has 1 atom stereocenters. The lowest BCUT2D eigenvalue weighted by Gasteiger charge is -2.16. The Kier molecular flexibility index (Phi) is 6.22. The van der Waals surface area contributed by atoms with E-state index in [1.54, 1.807) is 0 Å². The molecule has 31 heavy (non-hydrogen) atoms. The molecule has 1 heterocycles. The molecule has 0 fully saturated rings. The van der Waals surface area contributed by atoms with Crippen LogP contribution in [-0.4, -0.2) is 17.1 Å². The summed E-state index contributed by atoms with van der Waals surface area (Å²) in [5, 5.41) is 3.96. The number of ether oxygens (including phenoxy) is 2. The van der Waals surface area contributed by atoms with Crippen molar-refractivity contribution in [1.82, 2.24) is 4.57 Å². The first-order valence-electron chi connectivity index (χ1n) is 10.5. The third-order valence-corrected chi connectivity index (χ3v) is 5.19. The molecule has 5 nitrogen and oxygen atoms in total. The first-order valence-corrected chi connectivity index (χ1v) is 10.5. The fourth-order valence-electron chi connectivity index (χ4n) is 3.53. The number of amides is 1. The van der Waals surface area contributed by atoms with E-state index < -0.39 is 0 Å². The van der Waals surface area contributed by atoms with Gasteiger partial charge < -0.3 is 19.4 Å². The van der Waals surface area contributed by atoms with E-state index in [0.29, 0.717) is 13.2 Å². The van der Waals surface area contributed by atoms with Gasteiger partial charge in [-0.05, 0) is 61.9 Å². The number of hydrogen-bond acceptors (Lipinski definition) is 3. The minimum absolute atomic E-state index is 0.0859. The molecule has 1 N–H and O–H groups in total. The van der Waals surface area contributed by atoms with Crippen LogP contribution < -0.4 is 14.8 Å². The van der Waals surface area contributed by atoms with Crippen LogP contribution >= 0.6 is 0 Å². The molecule has 3 aromatic carbocycles. The van der Waals surface area contributed by atoms with E-state index in [1.165, 1.54) is 0 Å². The van der Waals surface area contributed by atoms with Gasteiger partial charge in [-0.1, -0.05) is 36.4 Å². The highest BCUT2D eigenvalue weighted by Crippen LogP contribution is 2.30. The second-order valence-corrected chi connectivity index (χ2v) is 7.31. The van der Waals surface area contributed by atoms with Crippen LogP contribution in [0.1, 0.15) is 25.5 Å². The van der Waals surface area contributed by atoms with Gasteiger partial charge in [-0.2, -0.15) is 0 Å². The average Bonchev–Trinajstić information content (AvgIpc) is 3.24. The fourth-order valence-corrected chi connectivity index (χ4v) is 3.53. The summed E-state index contributed by atoms with van der Waals surface area (Å²) >= 11 is 0. The molecule has 0 saturated carbocycles. The largest absolute Gasteiger partial charge is 0.494 e. The molecule has 4 rings (SSSR count). The topological polar surface area (TPSA) is 52.5 Å². The van der Waals surface area contributed by atoms with Crippen LogP contribution in [0, 0.1) is 0 Å². The summed E-state index contributed by atoms with van der Waals surface area (Å²) < 4.78 is 13.5. The quantitative estimate of drug-likeness (QED) is 0.395. The number of carbonyl (C=O) groups excluding carboxylic acids is 1. The van der Waals surface area contributed by atoms with Crippen molar-refractivity contribution < 1.29 is 14.3 Å². The monoisotopic (exact) mass is 414 g/mol. The van der Waals surface area contributed by atoms with E-state index in [9.17, 15) is 4.79 Å². The van der Waals surface area contributed by atoms with Crippen molar-refractivity contribution in [2.45, 2.75) is 26.5 Å². The predicted molar refractivity (Wildman–Crippen MR) is 124 cm³/mol. The van der Waals surface area contributed by atoms with Crippen molar-refractivity contribution in [1.29, 1.82) is 0 Å². The van der Waals surface area contributed by atoms with E-state index in [1.807, 2.05) is 103 Å². The zero-order chi connectivity index (χ0) is 21.6. The van der Waals surface area contributed by atoms with Crippen molar-refractivity contribution in [3.8, 4) is 11.5 Å². The second-order valence-electron chi connectivity index (χ2n) is 7.31. The van der Waals surface area contributed by atoms with Crippen molar-refractivity contribution >= 4 is 22.5 Å². The fraction of sp³-hybridized carbons (Fsp3) is 0.192. The lowest BCUT2D eigenvalue weighted by Crippen LogP contribution is -2.23. The smallest absolute Gasteiger partial charge is 0.247 e. The van der Waals surface area contributed by atoms with Gasteiger partial charge in [-0.3, -0.25) is 4.79 Å². The third kappa shape index (κ3) is 4.72. The Morgan fingerprint density at radius 2 is 1.71 bits per heavy atom. The maximum absolute atomic E-state index is 12.9. The molecule has 0 aliphatic heterocycles. The Morgan fingerprint density at radius 1 is 0.935 bits per heavy atom. The van der Waals surface area contributed by atoms with Crippen LogP contribution in [0.25, 0.3) is 10.9 Å². The van der Waals surface area contributed by atoms with Gasteiger partial charge in [-0.15, -0.1) is 0 Å². The lowest BCUT2D eigenvalue weighted by molar-refractivity contribution is -0.118. The Hall–Kier alpha value is -3.73. The molecule has 0 aliphatic carbocycles.